The Hall–Kier alpha value is -2.24. The Balaban J connectivity index is 0.00000261. The van der Waals surface area contributed by atoms with E-state index in [4.69, 9.17) is 15.2 Å². The van der Waals surface area contributed by atoms with Gasteiger partial charge in [-0.25, -0.2) is 0 Å². The lowest BCUT2D eigenvalue weighted by Crippen LogP contribution is -2.31. The third-order valence-corrected chi connectivity index (χ3v) is 4.73. The maximum absolute atomic E-state index is 12.4. The summed E-state index contributed by atoms with van der Waals surface area (Å²) in [5, 5.41) is 2.88. The molecular formula is C21H27ClN2O3. The van der Waals surface area contributed by atoms with Crippen LogP contribution >= 0.6 is 12.4 Å². The number of hydrogen-bond donors (Lipinski definition) is 2. The fourth-order valence-corrected chi connectivity index (χ4v) is 3.21. The largest absolute Gasteiger partial charge is 0.493 e. The molecule has 1 aliphatic rings. The molecule has 6 heteroatoms. The van der Waals surface area contributed by atoms with Crippen LogP contribution in [0.3, 0.4) is 0 Å². The van der Waals surface area contributed by atoms with E-state index >= 15 is 0 Å². The van der Waals surface area contributed by atoms with Gasteiger partial charge in [0.15, 0.2) is 11.5 Å². The van der Waals surface area contributed by atoms with E-state index in [9.17, 15) is 4.79 Å². The first kappa shape index (κ1) is 21.1. The van der Waals surface area contributed by atoms with Crippen LogP contribution in [0.5, 0.6) is 11.5 Å². The van der Waals surface area contributed by atoms with Gasteiger partial charge in [-0.1, -0.05) is 30.3 Å². The predicted molar refractivity (Wildman–Crippen MR) is 109 cm³/mol. The van der Waals surface area contributed by atoms with Gasteiger partial charge in [0.05, 0.1) is 13.2 Å². The second-order valence-electron chi connectivity index (χ2n) is 6.62. The lowest BCUT2D eigenvalue weighted by atomic mass is 10.1. The predicted octanol–water partition coefficient (Wildman–Crippen LogP) is 3.87. The zero-order valence-electron chi connectivity index (χ0n) is 15.5. The summed E-state index contributed by atoms with van der Waals surface area (Å²) < 4.78 is 11.4. The van der Waals surface area contributed by atoms with Crippen LogP contribution in [0.2, 0.25) is 0 Å². The number of carbonyl (C=O) groups excluding carboxylic acids is 1. The summed E-state index contributed by atoms with van der Waals surface area (Å²) >= 11 is 0. The van der Waals surface area contributed by atoms with Crippen molar-refractivity contribution in [1.82, 2.24) is 5.32 Å². The molecule has 1 fully saturated rings. The van der Waals surface area contributed by atoms with Crippen molar-refractivity contribution in [2.45, 2.75) is 37.8 Å². The molecule has 0 saturated heterocycles. The van der Waals surface area contributed by atoms with Gasteiger partial charge in [-0.3, -0.25) is 4.79 Å². The summed E-state index contributed by atoms with van der Waals surface area (Å²) in [6.07, 6.45) is 4.79. The number of methoxy groups -OCH3 is 1. The second-order valence-corrected chi connectivity index (χ2v) is 6.62. The Morgan fingerprint density at radius 3 is 2.52 bits per heavy atom. The van der Waals surface area contributed by atoms with Gasteiger partial charge in [0.1, 0.15) is 0 Å². The molecule has 2 aromatic carbocycles. The molecule has 146 valence electrons. The smallest absolute Gasteiger partial charge is 0.251 e. The number of nitrogens with one attached hydrogen (secondary N) is 1. The third kappa shape index (κ3) is 5.62. The van der Waals surface area contributed by atoms with Crippen LogP contribution in [0.25, 0.3) is 0 Å². The average Bonchev–Trinajstić information content (AvgIpc) is 3.20. The van der Waals surface area contributed by atoms with Gasteiger partial charge in [-0.05, 0) is 49.4 Å². The van der Waals surface area contributed by atoms with Crippen molar-refractivity contribution in [1.29, 1.82) is 0 Å². The molecule has 0 radical (unpaired) electrons. The molecule has 27 heavy (non-hydrogen) atoms. The van der Waals surface area contributed by atoms with Crippen molar-refractivity contribution in [3.63, 3.8) is 0 Å². The molecule has 5 nitrogen and oxygen atoms in total. The fraction of sp³-hybridized carbons (Fsp3) is 0.381. The highest BCUT2D eigenvalue weighted by Gasteiger charge is 2.19. The lowest BCUT2D eigenvalue weighted by Gasteiger charge is -2.17. The summed E-state index contributed by atoms with van der Waals surface area (Å²) in [4.78, 5) is 12.4. The molecule has 1 aliphatic carbocycles. The Labute approximate surface area is 166 Å². The topological polar surface area (TPSA) is 73.6 Å². The van der Waals surface area contributed by atoms with E-state index < -0.39 is 0 Å². The number of halogens is 1. The molecular weight excluding hydrogens is 364 g/mol. The molecule has 1 saturated carbocycles. The average molecular weight is 391 g/mol. The van der Waals surface area contributed by atoms with E-state index in [2.05, 4.69) is 5.32 Å². The molecule has 3 rings (SSSR count). The van der Waals surface area contributed by atoms with E-state index in [0.717, 1.165) is 18.4 Å². The molecule has 0 bridgehead atoms. The first-order valence-corrected chi connectivity index (χ1v) is 9.11. The number of benzene rings is 2. The summed E-state index contributed by atoms with van der Waals surface area (Å²) in [5.41, 5.74) is 7.65. The monoisotopic (exact) mass is 390 g/mol. The number of carbonyl (C=O) groups is 1. The minimum Gasteiger partial charge on any atom is -0.493 e. The SMILES string of the molecule is COc1cc(C(=O)NCC(N)c2ccccc2)ccc1OC1CCCC1.Cl. The molecule has 3 N–H and O–H groups in total. The Morgan fingerprint density at radius 1 is 1.15 bits per heavy atom. The second kappa shape index (κ2) is 10.2. The van der Waals surface area contributed by atoms with Crippen molar-refractivity contribution < 1.29 is 14.3 Å². The fourth-order valence-electron chi connectivity index (χ4n) is 3.21. The first-order valence-electron chi connectivity index (χ1n) is 9.11. The van der Waals surface area contributed by atoms with Gasteiger partial charge >= 0.3 is 0 Å². The zero-order chi connectivity index (χ0) is 18.4. The van der Waals surface area contributed by atoms with E-state index in [1.54, 1.807) is 19.2 Å². The van der Waals surface area contributed by atoms with Crippen LogP contribution in [0, 0.1) is 0 Å². The van der Waals surface area contributed by atoms with Gasteiger partial charge in [0.25, 0.3) is 5.91 Å². The zero-order valence-corrected chi connectivity index (χ0v) is 16.3. The van der Waals surface area contributed by atoms with Crippen molar-refractivity contribution in [2.75, 3.05) is 13.7 Å². The van der Waals surface area contributed by atoms with Crippen molar-refractivity contribution in [3.8, 4) is 11.5 Å². The molecule has 1 atom stereocenters. The first-order chi connectivity index (χ1) is 12.7. The standard InChI is InChI=1S/C21H26N2O3.ClH/c1-25-20-13-16(11-12-19(20)26-17-9-5-6-10-17)21(24)23-14-18(22)15-7-3-2-4-8-15;/h2-4,7-8,11-13,17-18H,5-6,9-10,14,22H2,1H3,(H,23,24);1H. The van der Waals surface area contributed by atoms with Gasteiger partial charge in [0, 0.05) is 18.2 Å². The number of hydrogen-bond acceptors (Lipinski definition) is 4. The molecule has 2 aromatic rings. The number of amides is 1. The van der Waals surface area contributed by atoms with E-state index in [1.807, 2.05) is 36.4 Å². The summed E-state index contributed by atoms with van der Waals surface area (Å²) in [7, 11) is 1.59. The van der Waals surface area contributed by atoms with E-state index in [-0.39, 0.29) is 30.5 Å². The number of nitrogens with two attached hydrogens (primary N) is 1. The maximum atomic E-state index is 12.4. The molecule has 0 aromatic heterocycles. The Bertz CT molecular complexity index is 733. The molecule has 1 amide bonds. The van der Waals surface area contributed by atoms with Crippen LogP contribution in [0.1, 0.15) is 47.6 Å². The molecule has 1 unspecified atom stereocenters. The van der Waals surface area contributed by atoms with E-state index in [1.165, 1.54) is 12.8 Å². The van der Waals surface area contributed by atoms with Crippen LogP contribution in [0.4, 0.5) is 0 Å². The molecule has 0 spiro atoms. The summed E-state index contributed by atoms with van der Waals surface area (Å²) in [5.74, 6) is 1.09. The van der Waals surface area contributed by atoms with E-state index in [0.29, 0.717) is 23.6 Å². The highest BCUT2D eigenvalue weighted by atomic mass is 35.5. The molecule has 0 aliphatic heterocycles. The minimum atomic E-state index is -0.244. The highest BCUT2D eigenvalue weighted by Crippen LogP contribution is 2.32. The Kier molecular flexibility index (Phi) is 7.95. The summed E-state index contributed by atoms with van der Waals surface area (Å²) in [6, 6.07) is 14.8. The van der Waals surface area contributed by atoms with Gasteiger partial charge in [-0.15, -0.1) is 12.4 Å². The van der Waals surface area contributed by atoms with Gasteiger partial charge < -0.3 is 20.5 Å². The van der Waals surface area contributed by atoms with Crippen LogP contribution in [-0.4, -0.2) is 25.7 Å². The van der Waals surface area contributed by atoms with Crippen LogP contribution < -0.4 is 20.5 Å². The lowest BCUT2D eigenvalue weighted by molar-refractivity contribution is 0.0950. The van der Waals surface area contributed by atoms with Gasteiger partial charge in [0.2, 0.25) is 0 Å². The minimum absolute atomic E-state index is 0. The highest BCUT2D eigenvalue weighted by molar-refractivity contribution is 5.94. The molecule has 0 heterocycles. The number of ether oxygens (including phenoxy) is 2. The van der Waals surface area contributed by atoms with Crippen LogP contribution in [0.15, 0.2) is 48.5 Å². The van der Waals surface area contributed by atoms with Crippen molar-refractivity contribution in [2.24, 2.45) is 5.73 Å². The normalized spacial score (nSPS) is 14.9. The van der Waals surface area contributed by atoms with Crippen molar-refractivity contribution >= 4 is 18.3 Å². The number of rotatable bonds is 7. The van der Waals surface area contributed by atoms with Gasteiger partial charge in [-0.2, -0.15) is 0 Å². The quantitative estimate of drug-likeness (QED) is 0.752. The Morgan fingerprint density at radius 2 is 1.85 bits per heavy atom. The van der Waals surface area contributed by atoms with Crippen molar-refractivity contribution in [3.05, 3.63) is 59.7 Å². The third-order valence-electron chi connectivity index (χ3n) is 4.73. The van der Waals surface area contributed by atoms with Crippen LogP contribution in [-0.2, 0) is 0 Å². The summed E-state index contributed by atoms with van der Waals surface area (Å²) in [6.45, 7) is 0.367. The maximum Gasteiger partial charge on any atom is 0.251 e.